The van der Waals surface area contributed by atoms with Crippen LogP contribution in [0.25, 0.3) is 0 Å². The number of nitrogens with one attached hydrogen (secondary N) is 2. The molecular formula is C24H32N4O2. The Kier molecular flexibility index (Phi) is 7.46. The molecule has 0 bridgehead atoms. The van der Waals surface area contributed by atoms with Gasteiger partial charge in [0.1, 0.15) is 6.04 Å². The van der Waals surface area contributed by atoms with Crippen molar-refractivity contribution in [3.05, 3.63) is 65.7 Å². The van der Waals surface area contributed by atoms with Gasteiger partial charge in [-0.2, -0.15) is 0 Å². The molecule has 3 rings (SSSR count). The van der Waals surface area contributed by atoms with E-state index >= 15 is 0 Å². The molecule has 0 saturated carbocycles. The average molecular weight is 409 g/mol. The van der Waals surface area contributed by atoms with Crippen molar-refractivity contribution >= 4 is 17.6 Å². The second-order valence-electron chi connectivity index (χ2n) is 8.21. The maximum atomic E-state index is 13.1. The van der Waals surface area contributed by atoms with Crippen LogP contribution in [0.2, 0.25) is 0 Å². The Morgan fingerprint density at radius 1 is 0.933 bits per heavy atom. The van der Waals surface area contributed by atoms with Crippen LogP contribution in [0.3, 0.4) is 0 Å². The Hall–Kier alpha value is -2.86. The van der Waals surface area contributed by atoms with E-state index in [2.05, 4.69) is 46.7 Å². The highest BCUT2D eigenvalue weighted by Gasteiger charge is 2.30. The topological polar surface area (TPSA) is 64.7 Å². The largest absolute Gasteiger partial charge is 0.338 e. The van der Waals surface area contributed by atoms with Crippen LogP contribution >= 0.6 is 0 Å². The van der Waals surface area contributed by atoms with E-state index in [1.807, 2.05) is 49.1 Å². The first kappa shape index (κ1) is 21.8. The minimum atomic E-state index is -0.545. The van der Waals surface area contributed by atoms with Crippen LogP contribution in [-0.2, 0) is 11.3 Å². The highest BCUT2D eigenvalue weighted by molar-refractivity contribution is 5.93. The van der Waals surface area contributed by atoms with E-state index in [0.29, 0.717) is 18.8 Å². The second kappa shape index (κ2) is 10.3. The number of para-hydroxylation sites is 1. The number of hydrogen-bond donors (Lipinski definition) is 2. The number of aryl methyl sites for hydroxylation is 1. The van der Waals surface area contributed by atoms with Gasteiger partial charge >= 0.3 is 6.03 Å². The molecule has 2 aromatic rings. The third kappa shape index (κ3) is 5.83. The van der Waals surface area contributed by atoms with Gasteiger partial charge in [0.2, 0.25) is 5.91 Å². The fourth-order valence-electron chi connectivity index (χ4n) is 3.69. The van der Waals surface area contributed by atoms with E-state index in [4.69, 9.17) is 0 Å². The fourth-order valence-corrected chi connectivity index (χ4v) is 3.69. The summed E-state index contributed by atoms with van der Waals surface area (Å²) in [5.41, 5.74) is 3.33. The first-order valence-electron chi connectivity index (χ1n) is 10.6. The smallest absolute Gasteiger partial charge is 0.319 e. The normalized spacial score (nSPS) is 15.7. The van der Waals surface area contributed by atoms with E-state index in [1.165, 1.54) is 11.1 Å². The molecule has 1 aliphatic rings. The quantitative estimate of drug-likeness (QED) is 0.769. The van der Waals surface area contributed by atoms with Gasteiger partial charge in [-0.25, -0.2) is 4.79 Å². The third-order valence-corrected chi connectivity index (χ3v) is 5.59. The van der Waals surface area contributed by atoms with Crippen LogP contribution in [0.1, 0.15) is 25.0 Å². The number of hydrogen-bond acceptors (Lipinski definition) is 3. The van der Waals surface area contributed by atoms with Gasteiger partial charge in [-0.3, -0.25) is 9.69 Å². The molecule has 0 aliphatic carbocycles. The lowest BCUT2D eigenvalue weighted by molar-refractivity contribution is -0.136. The lowest BCUT2D eigenvalue weighted by Gasteiger charge is -2.37. The first-order chi connectivity index (χ1) is 14.4. The summed E-state index contributed by atoms with van der Waals surface area (Å²) in [5, 5.41) is 5.66. The first-order valence-corrected chi connectivity index (χ1v) is 10.6. The van der Waals surface area contributed by atoms with Gasteiger partial charge < -0.3 is 15.5 Å². The van der Waals surface area contributed by atoms with E-state index in [-0.39, 0.29) is 17.9 Å². The monoisotopic (exact) mass is 408 g/mol. The molecule has 6 heteroatoms. The Balaban J connectivity index is 1.53. The van der Waals surface area contributed by atoms with Crippen molar-refractivity contribution in [3.63, 3.8) is 0 Å². The van der Waals surface area contributed by atoms with Gasteiger partial charge in [-0.1, -0.05) is 56.3 Å². The molecule has 1 unspecified atom stereocenters. The number of benzene rings is 2. The van der Waals surface area contributed by atoms with Crippen LogP contribution in [0.15, 0.2) is 54.6 Å². The van der Waals surface area contributed by atoms with Crippen LogP contribution in [0.4, 0.5) is 10.5 Å². The van der Waals surface area contributed by atoms with Crippen LogP contribution in [0, 0.1) is 12.8 Å². The molecule has 1 heterocycles. The minimum Gasteiger partial charge on any atom is -0.338 e. The van der Waals surface area contributed by atoms with Crippen molar-refractivity contribution in [2.24, 2.45) is 5.92 Å². The third-order valence-electron chi connectivity index (χ3n) is 5.59. The van der Waals surface area contributed by atoms with Gasteiger partial charge in [0.15, 0.2) is 0 Å². The Bertz CT molecular complexity index is 845. The number of urea groups is 1. The van der Waals surface area contributed by atoms with Crippen LogP contribution < -0.4 is 10.6 Å². The Morgan fingerprint density at radius 2 is 1.57 bits per heavy atom. The summed E-state index contributed by atoms with van der Waals surface area (Å²) in [6, 6.07) is 16.8. The molecule has 6 nitrogen and oxygen atoms in total. The molecule has 1 atom stereocenters. The van der Waals surface area contributed by atoms with Crippen molar-refractivity contribution < 1.29 is 9.59 Å². The molecule has 3 amide bonds. The van der Waals surface area contributed by atoms with Crippen molar-refractivity contribution in [1.82, 2.24) is 15.1 Å². The molecule has 0 spiro atoms. The summed E-state index contributed by atoms with van der Waals surface area (Å²) in [7, 11) is 0. The number of anilines is 1. The summed E-state index contributed by atoms with van der Waals surface area (Å²) in [6.07, 6.45) is 0. The molecule has 30 heavy (non-hydrogen) atoms. The molecule has 160 valence electrons. The molecule has 1 aliphatic heterocycles. The summed E-state index contributed by atoms with van der Waals surface area (Å²) >= 11 is 0. The molecule has 1 saturated heterocycles. The number of amides is 3. The van der Waals surface area contributed by atoms with Gasteiger partial charge in [0.25, 0.3) is 0 Å². The SMILES string of the molecule is Cc1ccccc1CN1CCN(C(=O)C(NC(=O)Nc2ccccc2)C(C)C)CC1. The van der Waals surface area contributed by atoms with Crippen LogP contribution in [-0.4, -0.2) is 54.0 Å². The number of rotatable bonds is 6. The lowest BCUT2D eigenvalue weighted by Crippen LogP contribution is -2.56. The van der Waals surface area contributed by atoms with Gasteiger partial charge in [-0.05, 0) is 36.1 Å². The summed E-state index contributed by atoms with van der Waals surface area (Å²) in [5.74, 6) is -0.00669. The molecule has 0 aromatic heterocycles. The van der Waals surface area contributed by atoms with E-state index in [0.717, 1.165) is 19.6 Å². The van der Waals surface area contributed by atoms with E-state index in [1.54, 1.807) is 0 Å². The minimum absolute atomic E-state index is 0.00372. The fraction of sp³-hybridized carbons (Fsp3) is 0.417. The van der Waals surface area contributed by atoms with Crippen LogP contribution in [0.5, 0.6) is 0 Å². The highest BCUT2D eigenvalue weighted by atomic mass is 16.2. The number of carbonyl (C=O) groups is 2. The van der Waals surface area contributed by atoms with Crippen molar-refractivity contribution in [2.75, 3.05) is 31.5 Å². The molecule has 1 fully saturated rings. The van der Waals surface area contributed by atoms with Gasteiger partial charge in [-0.15, -0.1) is 0 Å². The predicted molar refractivity (Wildman–Crippen MR) is 120 cm³/mol. The molecular weight excluding hydrogens is 376 g/mol. The number of carbonyl (C=O) groups excluding carboxylic acids is 2. The van der Waals surface area contributed by atoms with E-state index < -0.39 is 6.04 Å². The molecule has 2 N–H and O–H groups in total. The molecule has 0 radical (unpaired) electrons. The molecule has 2 aromatic carbocycles. The van der Waals surface area contributed by atoms with Gasteiger partial charge in [0.05, 0.1) is 0 Å². The summed E-state index contributed by atoms with van der Waals surface area (Å²) < 4.78 is 0. The number of nitrogens with zero attached hydrogens (tertiary/aromatic N) is 2. The van der Waals surface area contributed by atoms with Gasteiger partial charge in [0, 0.05) is 38.4 Å². The van der Waals surface area contributed by atoms with Crippen molar-refractivity contribution in [1.29, 1.82) is 0 Å². The number of piperazine rings is 1. The second-order valence-corrected chi connectivity index (χ2v) is 8.21. The zero-order chi connectivity index (χ0) is 21.5. The highest BCUT2D eigenvalue weighted by Crippen LogP contribution is 2.15. The zero-order valence-corrected chi connectivity index (χ0v) is 18.1. The maximum Gasteiger partial charge on any atom is 0.319 e. The predicted octanol–water partition coefficient (Wildman–Crippen LogP) is 3.49. The standard InChI is InChI=1S/C24H32N4O2/c1-18(2)22(26-24(30)25-21-11-5-4-6-12-21)23(29)28-15-13-27(14-16-28)17-20-10-8-7-9-19(20)3/h4-12,18,22H,13-17H2,1-3H3,(H2,25,26,30). The maximum absolute atomic E-state index is 13.1. The Morgan fingerprint density at radius 3 is 2.20 bits per heavy atom. The van der Waals surface area contributed by atoms with E-state index in [9.17, 15) is 9.59 Å². The lowest BCUT2D eigenvalue weighted by atomic mass is 10.0. The van der Waals surface area contributed by atoms with Crippen molar-refractivity contribution in [2.45, 2.75) is 33.4 Å². The summed E-state index contributed by atoms with van der Waals surface area (Å²) in [4.78, 5) is 29.8. The zero-order valence-electron chi connectivity index (χ0n) is 18.1. The summed E-state index contributed by atoms with van der Waals surface area (Å²) in [6.45, 7) is 9.97. The Labute approximate surface area is 179 Å². The van der Waals surface area contributed by atoms with Crippen molar-refractivity contribution in [3.8, 4) is 0 Å². The average Bonchev–Trinajstić information content (AvgIpc) is 2.74.